The highest BCUT2D eigenvalue weighted by molar-refractivity contribution is 5.38. The molecule has 0 saturated heterocycles. The third-order valence-electron chi connectivity index (χ3n) is 2.92. The van der Waals surface area contributed by atoms with Crippen LogP contribution in [0.1, 0.15) is 32.4 Å². The van der Waals surface area contributed by atoms with Gasteiger partial charge in [0, 0.05) is 12.1 Å². The minimum Gasteiger partial charge on any atom is -0.451 e. The van der Waals surface area contributed by atoms with Crippen molar-refractivity contribution in [2.45, 2.75) is 39.3 Å². The topological polar surface area (TPSA) is 53.1 Å². The molecule has 1 heterocycles. The van der Waals surface area contributed by atoms with Gasteiger partial charge in [-0.3, -0.25) is 4.68 Å². The van der Waals surface area contributed by atoms with Crippen molar-refractivity contribution in [2.24, 2.45) is 5.73 Å². The van der Waals surface area contributed by atoms with Gasteiger partial charge in [-0.05, 0) is 38.8 Å². The molecule has 1 atom stereocenters. The highest BCUT2D eigenvalue weighted by Gasteiger charge is 2.13. The maximum Gasteiger partial charge on any atom is 0.166 e. The highest BCUT2D eigenvalue weighted by Crippen LogP contribution is 2.29. The van der Waals surface area contributed by atoms with E-state index < -0.39 is 0 Å². The maximum atomic E-state index is 14.0. The van der Waals surface area contributed by atoms with E-state index in [0.29, 0.717) is 12.2 Å². The monoisotopic (exact) mass is 277 g/mol. The Balaban J connectivity index is 2.27. The van der Waals surface area contributed by atoms with Gasteiger partial charge in [-0.1, -0.05) is 12.1 Å². The first-order chi connectivity index (χ1) is 9.47. The van der Waals surface area contributed by atoms with E-state index in [9.17, 15) is 4.39 Å². The average Bonchev–Trinajstić information content (AvgIpc) is 2.81. The highest BCUT2D eigenvalue weighted by atomic mass is 19.1. The largest absolute Gasteiger partial charge is 0.451 e. The molecule has 1 unspecified atom stereocenters. The van der Waals surface area contributed by atoms with Gasteiger partial charge in [0.1, 0.15) is 0 Å². The minimum absolute atomic E-state index is 0.0578. The van der Waals surface area contributed by atoms with Crippen LogP contribution < -0.4 is 10.5 Å². The molecule has 2 N–H and O–H groups in total. The van der Waals surface area contributed by atoms with Crippen molar-refractivity contribution in [3.8, 4) is 11.5 Å². The molecule has 20 heavy (non-hydrogen) atoms. The Morgan fingerprint density at radius 2 is 2.10 bits per heavy atom. The van der Waals surface area contributed by atoms with Gasteiger partial charge in [0.25, 0.3) is 0 Å². The zero-order valence-electron chi connectivity index (χ0n) is 12.0. The molecule has 4 nitrogen and oxygen atoms in total. The van der Waals surface area contributed by atoms with Crippen LogP contribution in [0, 0.1) is 5.82 Å². The van der Waals surface area contributed by atoms with Crippen LogP contribution >= 0.6 is 0 Å². The quantitative estimate of drug-likeness (QED) is 0.912. The van der Waals surface area contributed by atoms with Crippen LogP contribution in [-0.2, 0) is 6.42 Å². The van der Waals surface area contributed by atoms with Crippen molar-refractivity contribution in [2.75, 3.05) is 0 Å². The standard InChI is InChI=1S/C15H20FN3O/c1-10(2)19-9-13(8-18-19)20-15-12(7-11(3)17)5-4-6-14(15)16/h4-6,8-11H,7,17H2,1-3H3. The summed E-state index contributed by atoms with van der Waals surface area (Å²) in [5.41, 5.74) is 6.55. The molecule has 0 saturated carbocycles. The number of nitrogens with two attached hydrogens (primary N) is 1. The van der Waals surface area contributed by atoms with Gasteiger partial charge in [0.15, 0.2) is 17.3 Å². The number of hydrogen-bond acceptors (Lipinski definition) is 3. The SMILES string of the molecule is CC(N)Cc1cccc(F)c1Oc1cnn(C(C)C)c1. The lowest BCUT2D eigenvalue weighted by Crippen LogP contribution is -2.18. The Kier molecular flexibility index (Phi) is 4.39. The lowest BCUT2D eigenvalue weighted by molar-refractivity contribution is 0.432. The Morgan fingerprint density at radius 1 is 1.35 bits per heavy atom. The number of para-hydroxylation sites is 1. The van der Waals surface area contributed by atoms with E-state index in [4.69, 9.17) is 10.5 Å². The fourth-order valence-corrected chi connectivity index (χ4v) is 1.95. The van der Waals surface area contributed by atoms with E-state index in [-0.39, 0.29) is 23.7 Å². The third kappa shape index (κ3) is 3.36. The fraction of sp³-hybridized carbons (Fsp3) is 0.400. The second kappa shape index (κ2) is 6.05. The Morgan fingerprint density at radius 3 is 2.70 bits per heavy atom. The van der Waals surface area contributed by atoms with E-state index in [2.05, 4.69) is 5.10 Å². The molecule has 1 aromatic carbocycles. The molecule has 0 radical (unpaired) electrons. The van der Waals surface area contributed by atoms with E-state index >= 15 is 0 Å². The van der Waals surface area contributed by atoms with Crippen molar-refractivity contribution in [1.82, 2.24) is 9.78 Å². The van der Waals surface area contributed by atoms with Gasteiger partial charge in [-0.2, -0.15) is 5.10 Å². The lowest BCUT2D eigenvalue weighted by Gasteiger charge is -2.12. The molecule has 0 aliphatic carbocycles. The zero-order chi connectivity index (χ0) is 14.7. The van der Waals surface area contributed by atoms with Crippen molar-refractivity contribution >= 4 is 0 Å². The summed E-state index contributed by atoms with van der Waals surface area (Å²) in [6.45, 7) is 5.91. The molecule has 0 spiro atoms. The molecule has 0 aliphatic heterocycles. The number of halogens is 1. The number of hydrogen-bond donors (Lipinski definition) is 1. The van der Waals surface area contributed by atoms with Crippen molar-refractivity contribution < 1.29 is 9.13 Å². The van der Waals surface area contributed by atoms with Gasteiger partial charge in [-0.25, -0.2) is 4.39 Å². The first kappa shape index (κ1) is 14.5. The predicted octanol–water partition coefficient (Wildman–Crippen LogP) is 3.29. The summed E-state index contributed by atoms with van der Waals surface area (Å²) in [4.78, 5) is 0. The van der Waals surface area contributed by atoms with E-state index in [1.54, 1.807) is 23.1 Å². The Labute approximate surface area is 118 Å². The summed E-state index contributed by atoms with van der Waals surface area (Å²) in [6.07, 6.45) is 3.90. The summed E-state index contributed by atoms with van der Waals surface area (Å²) in [6, 6.07) is 5.05. The average molecular weight is 277 g/mol. The first-order valence-electron chi connectivity index (χ1n) is 6.72. The smallest absolute Gasteiger partial charge is 0.166 e. The molecule has 2 rings (SSSR count). The van der Waals surface area contributed by atoms with E-state index in [1.165, 1.54) is 6.07 Å². The summed E-state index contributed by atoms with van der Waals surface area (Å²) < 4.78 is 21.4. The normalized spacial score (nSPS) is 12.7. The first-order valence-corrected chi connectivity index (χ1v) is 6.72. The van der Waals surface area contributed by atoms with Gasteiger partial charge >= 0.3 is 0 Å². The number of nitrogens with zero attached hydrogens (tertiary/aromatic N) is 2. The van der Waals surface area contributed by atoms with Crippen LogP contribution in [0.3, 0.4) is 0 Å². The minimum atomic E-state index is -0.388. The molecule has 108 valence electrons. The zero-order valence-corrected chi connectivity index (χ0v) is 12.0. The van der Waals surface area contributed by atoms with Crippen LogP contribution in [-0.4, -0.2) is 15.8 Å². The molecular formula is C15H20FN3O. The second-order valence-corrected chi connectivity index (χ2v) is 5.26. The van der Waals surface area contributed by atoms with Gasteiger partial charge < -0.3 is 10.5 Å². The molecule has 0 bridgehead atoms. The van der Waals surface area contributed by atoms with Crippen molar-refractivity contribution in [3.63, 3.8) is 0 Å². The van der Waals surface area contributed by atoms with Crippen molar-refractivity contribution in [3.05, 3.63) is 42.0 Å². The maximum absolute atomic E-state index is 14.0. The summed E-state index contributed by atoms with van der Waals surface area (Å²) in [7, 11) is 0. The molecule has 5 heteroatoms. The van der Waals surface area contributed by atoms with E-state index in [1.807, 2.05) is 26.8 Å². The van der Waals surface area contributed by atoms with Crippen molar-refractivity contribution in [1.29, 1.82) is 0 Å². The van der Waals surface area contributed by atoms with Gasteiger partial charge in [0.05, 0.1) is 12.4 Å². The number of ether oxygens (including phenoxy) is 1. The van der Waals surface area contributed by atoms with Crippen LogP contribution in [0.2, 0.25) is 0 Å². The van der Waals surface area contributed by atoms with Gasteiger partial charge in [-0.15, -0.1) is 0 Å². The third-order valence-corrected chi connectivity index (χ3v) is 2.92. The predicted molar refractivity (Wildman–Crippen MR) is 76.4 cm³/mol. The summed E-state index contributed by atoms with van der Waals surface area (Å²) in [5.74, 6) is 0.364. The second-order valence-electron chi connectivity index (χ2n) is 5.26. The molecule has 0 fully saturated rings. The molecule has 0 amide bonds. The van der Waals surface area contributed by atoms with Crippen LogP contribution in [0.25, 0.3) is 0 Å². The van der Waals surface area contributed by atoms with Crippen LogP contribution in [0.5, 0.6) is 11.5 Å². The number of benzene rings is 1. The number of aromatic nitrogens is 2. The molecular weight excluding hydrogens is 257 g/mol. The van der Waals surface area contributed by atoms with E-state index in [0.717, 1.165) is 5.56 Å². The lowest BCUT2D eigenvalue weighted by atomic mass is 10.1. The fourth-order valence-electron chi connectivity index (χ4n) is 1.95. The van der Waals surface area contributed by atoms with Crippen LogP contribution in [0.4, 0.5) is 4.39 Å². The molecule has 0 aliphatic rings. The van der Waals surface area contributed by atoms with Crippen LogP contribution in [0.15, 0.2) is 30.6 Å². The Bertz CT molecular complexity index is 578. The summed E-state index contributed by atoms with van der Waals surface area (Å²) >= 11 is 0. The summed E-state index contributed by atoms with van der Waals surface area (Å²) in [5, 5.41) is 4.18. The Hall–Kier alpha value is -1.88. The molecule has 1 aromatic heterocycles. The van der Waals surface area contributed by atoms with Gasteiger partial charge in [0.2, 0.25) is 0 Å². The molecule has 2 aromatic rings. The number of rotatable bonds is 5.